The summed E-state index contributed by atoms with van der Waals surface area (Å²) >= 11 is 0. The van der Waals surface area contributed by atoms with Crippen molar-refractivity contribution in [3.63, 3.8) is 0 Å². The van der Waals surface area contributed by atoms with Crippen molar-refractivity contribution in [1.29, 1.82) is 0 Å². The standard InChI is InChI=1S/C16H24O4Si/c1-19-15(17)11-10-14(12-16(18)20-2)21(3,4)13-8-6-5-7-9-13/h5-9,14H,10-12H2,1-4H3. The summed E-state index contributed by atoms with van der Waals surface area (Å²) in [4.78, 5) is 23.1. The monoisotopic (exact) mass is 308 g/mol. The molecule has 0 aliphatic heterocycles. The quantitative estimate of drug-likeness (QED) is 0.573. The minimum Gasteiger partial charge on any atom is -0.469 e. The SMILES string of the molecule is COC(=O)CCC(CC(=O)OC)[Si](C)(C)c1ccccc1. The zero-order valence-corrected chi connectivity index (χ0v) is 14.2. The van der Waals surface area contributed by atoms with Crippen LogP contribution in [0.25, 0.3) is 0 Å². The summed E-state index contributed by atoms with van der Waals surface area (Å²) in [6, 6.07) is 10.2. The smallest absolute Gasteiger partial charge is 0.305 e. The van der Waals surface area contributed by atoms with Crippen LogP contribution in [0.2, 0.25) is 18.6 Å². The first-order chi connectivity index (χ1) is 9.91. The molecule has 0 bridgehead atoms. The maximum atomic E-state index is 11.7. The summed E-state index contributed by atoms with van der Waals surface area (Å²) < 4.78 is 9.52. The van der Waals surface area contributed by atoms with Crippen molar-refractivity contribution < 1.29 is 19.1 Å². The van der Waals surface area contributed by atoms with Crippen molar-refractivity contribution in [2.24, 2.45) is 0 Å². The largest absolute Gasteiger partial charge is 0.469 e. The highest BCUT2D eigenvalue weighted by Crippen LogP contribution is 2.31. The van der Waals surface area contributed by atoms with Gasteiger partial charge in [-0.1, -0.05) is 48.6 Å². The molecule has 1 unspecified atom stereocenters. The van der Waals surface area contributed by atoms with E-state index in [1.807, 2.05) is 18.2 Å². The molecule has 0 aromatic heterocycles. The van der Waals surface area contributed by atoms with Crippen molar-refractivity contribution in [3.05, 3.63) is 30.3 Å². The highest BCUT2D eigenvalue weighted by Gasteiger charge is 2.35. The molecule has 1 atom stereocenters. The molecular formula is C16H24O4Si. The molecule has 0 radical (unpaired) electrons. The molecule has 0 saturated carbocycles. The van der Waals surface area contributed by atoms with Crippen LogP contribution in [0.5, 0.6) is 0 Å². The fraction of sp³-hybridized carbons (Fsp3) is 0.500. The molecular weight excluding hydrogens is 284 g/mol. The summed E-state index contributed by atoms with van der Waals surface area (Å²) in [5.41, 5.74) is 0.145. The van der Waals surface area contributed by atoms with Crippen molar-refractivity contribution in [3.8, 4) is 0 Å². The van der Waals surface area contributed by atoms with Gasteiger partial charge in [0.2, 0.25) is 0 Å². The molecule has 0 N–H and O–H groups in total. The van der Waals surface area contributed by atoms with E-state index in [0.29, 0.717) is 19.3 Å². The van der Waals surface area contributed by atoms with Crippen LogP contribution in [0.15, 0.2) is 30.3 Å². The lowest BCUT2D eigenvalue weighted by atomic mass is 10.2. The van der Waals surface area contributed by atoms with Crippen molar-refractivity contribution >= 4 is 25.2 Å². The lowest BCUT2D eigenvalue weighted by molar-refractivity contribution is -0.142. The number of ether oxygens (including phenoxy) is 2. The van der Waals surface area contributed by atoms with E-state index >= 15 is 0 Å². The fourth-order valence-corrected chi connectivity index (χ4v) is 5.57. The number of benzene rings is 1. The van der Waals surface area contributed by atoms with Gasteiger partial charge in [-0.2, -0.15) is 0 Å². The average molecular weight is 308 g/mol. The number of carbonyl (C=O) groups is 2. The summed E-state index contributed by atoms with van der Waals surface area (Å²) in [6.07, 6.45) is 1.33. The molecule has 0 saturated heterocycles. The highest BCUT2D eigenvalue weighted by atomic mass is 28.3. The van der Waals surface area contributed by atoms with Gasteiger partial charge < -0.3 is 9.47 Å². The van der Waals surface area contributed by atoms with Gasteiger partial charge in [-0.15, -0.1) is 0 Å². The molecule has 1 rings (SSSR count). The third-order valence-electron chi connectivity index (χ3n) is 4.10. The van der Waals surface area contributed by atoms with E-state index in [9.17, 15) is 9.59 Å². The Hall–Kier alpha value is -1.62. The van der Waals surface area contributed by atoms with E-state index in [0.717, 1.165) is 0 Å². The first-order valence-corrected chi connectivity index (χ1v) is 10.2. The first-order valence-electron chi connectivity index (χ1n) is 7.11. The van der Waals surface area contributed by atoms with E-state index in [-0.39, 0.29) is 17.5 Å². The number of methoxy groups -OCH3 is 2. The Bertz CT molecular complexity index is 470. The number of carbonyl (C=O) groups excluding carboxylic acids is 2. The van der Waals surface area contributed by atoms with Crippen LogP contribution in [-0.4, -0.2) is 34.2 Å². The number of hydrogen-bond donors (Lipinski definition) is 0. The maximum Gasteiger partial charge on any atom is 0.305 e. The van der Waals surface area contributed by atoms with Crippen molar-refractivity contribution in [1.82, 2.24) is 0 Å². The second-order valence-electron chi connectivity index (χ2n) is 5.68. The minimum absolute atomic E-state index is 0.145. The highest BCUT2D eigenvalue weighted by molar-refractivity contribution is 6.91. The van der Waals surface area contributed by atoms with Crippen molar-refractivity contribution in [2.75, 3.05) is 14.2 Å². The zero-order valence-electron chi connectivity index (χ0n) is 13.2. The van der Waals surface area contributed by atoms with Gasteiger partial charge >= 0.3 is 11.9 Å². The van der Waals surface area contributed by atoms with Gasteiger partial charge in [-0.05, 0) is 12.0 Å². The van der Waals surface area contributed by atoms with E-state index in [1.54, 1.807) is 0 Å². The molecule has 0 aliphatic rings. The summed E-state index contributed by atoms with van der Waals surface area (Å²) in [5, 5.41) is 1.28. The minimum atomic E-state index is -1.88. The van der Waals surface area contributed by atoms with Gasteiger partial charge in [0.1, 0.15) is 0 Å². The molecule has 0 heterocycles. The van der Waals surface area contributed by atoms with Crippen LogP contribution in [-0.2, 0) is 19.1 Å². The Kier molecular flexibility index (Phi) is 6.62. The third kappa shape index (κ3) is 5.01. The lowest BCUT2D eigenvalue weighted by Gasteiger charge is -2.32. The molecule has 1 aromatic rings. The molecule has 116 valence electrons. The molecule has 0 aliphatic carbocycles. The van der Waals surface area contributed by atoms with E-state index in [1.165, 1.54) is 19.4 Å². The van der Waals surface area contributed by atoms with Gasteiger partial charge in [0.25, 0.3) is 0 Å². The van der Waals surface area contributed by atoms with Gasteiger partial charge in [-0.25, -0.2) is 0 Å². The summed E-state index contributed by atoms with van der Waals surface area (Å²) in [6.45, 7) is 4.46. The van der Waals surface area contributed by atoms with Gasteiger partial charge in [0, 0.05) is 12.8 Å². The van der Waals surface area contributed by atoms with Crippen LogP contribution >= 0.6 is 0 Å². The maximum absolute atomic E-state index is 11.7. The summed E-state index contributed by atoms with van der Waals surface area (Å²) in [7, 11) is 0.910. The number of esters is 2. The van der Waals surface area contributed by atoms with Gasteiger partial charge in [0.05, 0.1) is 22.3 Å². The van der Waals surface area contributed by atoms with E-state index in [2.05, 4.69) is 25.2 Å². The molecule has 1 aromatic carbocycles. The van der Waals surface area contributed by atoms with Gasteiger partial charge in [0.15, 0.2) is 0 Å². The molecule has 21 heavy (non-hydrogen) atoms. The van der Waals surface area contributed by atoms with Crippen LogP contribution in [0.1, 0.15) is 19.3 Å². The summed E-state index contributed by atoms with van der Waals surface area (Å²) in [5.74, 6) is -0.455. The Morgan fingerprint density at radius 1 is 1.05 bits per heavy atom. The number of rotatable bonds is 7. The molecule has 4 nitrogen and oxygen atoms in total. The van der Waals surface area contributed by atoms with E-state index in [4.69, 9.17) is 9.47 Å². The van der Waals surface area contributed by atoms with Crippen LogP contribution in [0.3, 0.4) is 0 Å². The lowest BCUT2D eigenvalue weighted by Crippen LogP contribution is -2.46. The van der Waals surface area contributed by atoms with Crippen LogP contribution in [0.4, 0.5) is 0 Å². The first kappa shape index (κ1) is 17.4. The molecule has 0 amide bonds. The third-order valence-corrected chi connectivity index (χ3v) is 8.46. The Balaban J connectivity index is 2.92. The zero-order chi connectivity index (χ0) is 15.9. The Morgan fingerprint density at radius 2 is 1.62 bits per heavy atom. The molecule has 0 spiro atoms. The second kappa shape index (κ2) is 7.98. The predicted molar refractivity (Wildman–Crippen MR) is 85.2 cm³/mol. The topological polar surface area (TPSA) is 52.6 Å². The number of hydrogen-bond acceptors (Lipinski definition) is 4. The van der Waals surface area contributed by atoms with Crippen LogP contribution in [0, 0.1) is 0 Å². The average Bonchev–Trinajstić information content (AvgIpc) is 2.51. The molecule has 5 heteroatoms. The fourth-order valence-electron chi connectivity index (χ4n) is 2.50. The van der Waals surface area contributed by atoms with Crippen molar-refractivity contribution in [2.45, 2.75) is 37.9 Å². The Morgan fingerprint density at radius 3 is 2.14 bits per heavy atom. The van der Waals surface area contributed by atoms with Gasteiger partial charge in [-0.3, -0.25) is 9.59 Å². The van der Waals surface area contributed by atoms with E-state index < -0.39 is 8.07 Å². The Labute approximate surface area is 127 Å². The normalized spacial score (nSPS) is 12.6. The van der Waals surface area contributed by atoms with Crippen LogP contribution < -0.4 is 5.19 Å². The molecule has 0 fully saturated rings. The predicted octanol–water partition coefficient (Wildman–Crippen LogP) is 2.49. The second-order valence-corrected chi connectivity index (χ2v) is 10.5.